The van der Waals surface area contributed by atoms with E-state index in [2.05, 4.69) is 22.0 Å². The second-order valence-electron chi connectivity index (χ2n) is 4.52. The molecule has 0 atom stereocenters. The van der Waals surface area contributed by atoms with Crippen LogP contribution in [0.3, 0.4) is 0 Å². The number of halogens is 1. The summed E-state index contributed by atoms with van der Waals surface area (Å²) >= 11 is 3.39. The molecular weight excluding hydrogens is 276 g/mol. The van der Waals surface area contributed by atoms with Crippen LogP contribution in [-0.4, -0.2) is 5.78 Å². The Kier molecular flexibility index (Phi) is 4.55. The van der Waals surface area contributed by atoms with Crippen LogP contribution < -0.4 is 0 Å². The summed E-state index contributed by atoms with van der Waals surface area (Å²) in [4.78, 5) is 12.3. The first-order chi connectivity index (χ1) is 8.27. The first-order valence-corrected chi connectivity index (χ1v) is 7.06. The summed E-state index contributed by atoms with van der Waals surface area (Å²) in [5, 5.41) is 0. The number of hydrogen-bond acceptors (Lipinski definition) is 1. The van der Waals surface area contributed by atoms with Crippen LogP contribution in [0.1, 0.15) is 48.9 Å². The van der Waals surface area contributed by atoms with Crippen LogP contribution in [0.4, 0.5) is 0 Å². The summed E-state index contributed by atoms with van der Waals surface area (Å²) in [5.74, 6) is 0.208. The second-order valence-corrected chi connectivity index (χ2v) is 5.43. The molecule has 90 valence electrons. The Morgan fingerprint density at radius 2 is 1.71 bits per heavy atom. The van der Waals surface area contributed by atoms with Gasteiger partial charge in [0, 0.05) is 10.0 Å². The molecule has 1 aromatic rings. The molecule has 2 heteroatoms. The molecule has 0 aromatic heterocycles. The fraction of sp³-hybridized carbons (Fsp3) is 0.400. The van der Waals surface area contributed by atoms with Crippen molar-refractivity contribution in [2.75, 3.05) is 0 Å². The molecule has 0 bridgehead atoms. The van der Waals surface area contributed by atoms with Crippen molar-refractivity contribution in [2.45, 2.75) is 38.5 Å². The molecule has 0 spiro atoms. The Hall–Kier alpha value is -0.890. The van der Waals surface area contributed by atoms with Crippen LogP contribution in [-0.2, 0) is 0 Å². The maximum absolute atomic E-state index is 12.3. The van der Waals surface area contributed by atoms with Crippen LogP contribution in [0.5, 0.6) is 0 Å². The van der Waals surface area contributed by atoms with E-state index < -0.39 is 0 Å². The van der Waals surface area contributed by atoms with Crippen molar-refractivity contribution in [2.24, 2.45) is 0 Å². The maximum atomic E-state index is 12.3. The molecule has 0 saturated heterocycles. The summed E-state index contributed by atoms with van der Waals surface area (Å²) in [6.07, 6.45) is 9.06. The van der Waals surface area contributed by atoms with Gasteiger partial charge in [-0.1, -0.05) is 34.8 Å². The second kappa shape index (κ2) is 6.15. The number of ketones is 1. The van der Waals surface area contributed by atoms with Gasteiger partial charge in [-0.15, -0.1) is 0 Å². The number of allylic oxidation sites excluding steroid dienone is 2. The minimum Gasteiger partial charge on any atom is -0.289 e. The fourth-order valence-corrected chi connectivity index (χ4v) is 2.45. The minimum atomic E-state index is 0.208. The Labute approximate surface area is 111 Å². The van der Waals surface area contributed by atoms with Crippen LogP contribution in [0.15, 0.2) is 40.4 Å². The van der Waals surface area contributed by atoms with E-state index in [1.165, 1.54) is 19.3 Å². The number of Topliss-reactive ketones (excluding diaryl/α,β-unsaturated/α-hetero) is 1. The monoisotopic (exact) mass is 292 g/mol. The van der Waals surface area contributed by atoms with Crippen molar-refractivity contribution in [3.05, 3.63) is 46.0 Å². The average molecular weight is 293 g/mol. The Morgan fingerprint density at radius 3 is 2.47 bits per heavy atom. The molecular formula is C15H17BrO. The molecule has 0 radical (unpaired) electrons. The van der Waals surface area contributed by atoms with Gasteiger partial charge in [0.05, 0.1) is 0 Å². The van der Waals surface area contributed by atoms with Gasteiger partial charge in [0.1, 0.15) is 0 Å². The molecule has 0 saturated carbocycles. The van der Waals surface area contributed by atoms with Gasteiger partial charge in [0.25, 0.3) is 0 Å². The van der Waals surface area contributed by atoms with Gasteiger partial charge in [-0.3, -0.25) is 4.79 Å². The molecule has 1 aromatic carbocycles. The minimum absolute atomic E-state index is 0.208. The van der Waals surface area contributed by atoms with Crippen LogP contribution in [0.2, 0.25) is 0 Å². The van der Waals surface area contributed by atoms with E-state index in [-0.39, 0.29) is 5.78 Å². The van der Waals surface area contributed by atoms with E-state index in [9.17, 15) is 4.79 Å². The molecule has 1 nitrogen and oxygen atoms in total. The number of rotatable bonds is 2. The average Bonchev–Trinajstić information content (AvgIpc) is 2.29. The SMILES string of the molecule is O=C(/C1=C/CCCCCC1)c1ccc(Br)cc1. The molecule has 0 heterocycles. The Morgan fingerprint density at radius 1 is 1.00 bits per heavy atom. The number of benzene rings is 1. The largest absolute Gasteiger partial charge is 0.289 e. The van der Waals surface area contributed by atoms with E-state index in [1.54, 1.807) is 0 Å². The zero-order valence-corrected chi connectivity index (χ0v) is 11.5. The van der Waals surface area contributed by atoms with Gasteiger partial charge in [-0.2, -0.15) is 0 Å². The first-order valence-electron chi connectivity index (χ1n) is 6.26. The smallest absolute Gasteiger partial charge is 0.188 e. The number of hydrogen-bond donors (Lipinski definition) is 0. The lowest BCUT2D eigenvalue weighted by molar-refractivity contribution is 0.102. The summed E-state index contributed by atoms with van der Waals surface area (Å²) in [6, 6.07) is 7.64. The summed E-state index contributed by atoms with van der Waals surface area (Å²) in [6.45, 7) is 0. The van der Waals surface area contributed by atoms with E-state index in [0.29, 0.717) is 0 Å². The van der Waals surface area contributed by atoms with Gasteiger partial charge in [-0.05, 0) is 55.5 Å². The van der Waals surface area contributed by atoms with Crippen LogP contribution >= 0.6 is 15.9 Å². The van der Waals surface area contributed by atoms with E-state index in [4.69, 9.17) is 0 Å². The normalized spacial score (nSPS) is 19.9. The Bertz CT molecular complexity index is 417. The highest BCUT2D eigenvalue weighted by atomic mass is 79.9. The lowest BCUT2D eigenvalue weighted by Gasteiger charge is -2.10. The maximum Gasteiger partial charge on any atom is 0.188 e. The molecule has 0 unspecified atom stereocenters. The highest BCUT2D eigenvalue weighted by Gasteiger charge is 2.12. The third-order valence-corrected chi connectivity index (χ3v) is 3.72. The summed E-state index contributed by atoms with van der Waals surface area (Å²) in [7, 11) is 0. The highest BCUT2D eigenvalue weighted by Crippen LogP contribution is 2.21. The quantitative estimate of drug-likeness (QED) is 0.708. The molecule has 2 rings (SSSR count). The van der Waals surface area contributed by atoms with Crippen molar-refractivity contribution in [1.29, 1.82) is 0 Å². The Balaban J connectivity index is 2.15. The number of carbonyl (C=O) groups is 1. The standard InChI is InChI=1S/C15H17BrO/c16-14-10-8-13(9-11-14)15(17)12-6-4-2-1-3-5-7-12/h6,8-11H,1-5,7H2/b12-6+. The van der Waals surface area contributed by atoms with Crippen molar-refractivity contribution >= 4 is 21.7 Å². The lowest BCUT2D eigenvalue weighted by atomic mass is 9.94. The predicted molar refractivity (Wildman–Crippen MR) is 74.3 cm³/mol. The van der Waals surface area contributed by atoms with Crippen molar-refractivity contribution in [3.63, 3.8) is 0 Å². The van der Waals surface area contributed by atoms with Gasteiger partial charge < -0.3 is 0 Å². The zero-order valence-electron chi connectivity index (χ0n) is 9.92. The van der Waals surface area contributed by atoms with Gasteiger partial charge >= 0.3 is 0 Å². The first kappa shape index (κ1) is 12.6. The molecule has 0 amide bonds. The topological polar surface area (TPSA) is 17.1 Å². The molecule has 1 aliphatic carbocycles. The molecule has 0 N–H and O–H groups in total. The summed E-state index contributed by atoms with van der Waals surface area (Å²) < 4.78 is 1.01. The van der Waals surface area contributed by atoms with Gasteiger partial charge in [0.15, 0.2) is 5.78 Å². The van der Waals surface area contributed by atoms with Gasteiger partial charge in [0.2, 0.25) is 0 Å². The van der Waals surface area contributed by atoms with Crippen molar-refractivity contribution in [3.8, 4) is 0 Å². The van der Waals surface area contributed by atoms with E-state index in [1.807, 2.05) is 24.3 Å². The molecule has 0 aliphatic heterocycles. The van der Waals surface area contributed by atoms with E-state index >= 15 is 0 Å². The van der Waals surface area contributed by atoms with Crippen molar-refractivity contribution in [1.82, 2.24) is 0 Å². The molecule has 1 aliphatic rings. The predicted octanol–water partition coefficient (Wildman–Crippen LogP) is 4.91. The van der Waals surface area contributed by atoms with Gasteiger partial charge in [-0.25, -0.2) is 0 Å². The van der Waals surface area contributed by atoms with Crippen LogP contribution in [0, 0.1) is 0 Å². The highest BCUT2D eigenvalue weighted by molar-refractivity contribution is 9.10. The third-order valence-electron chi connectivity index (χ3n) is 3.19. The third kappa shape index (κ3) is 3.53. The van der Waals surface area contributed by atoms with Crippen molar-refractivity contribution < 1.29 is 4.79 Å². The van der Waals surface area contributed by atoms with E-state index in [0.717, 1.165) is 34.9 Å². The molecule has 0 fully saturated rings. The number of carbonyl (C=O) groups excluding carboxylic acids is 1. The zero-order chi connectivity index (χ0) is 12.1. The summed E-state index contributed by atoms with van der Waals surface area (Å²) in [5.41, 5.74) is 1.81. The van der Waals surface area contributed by atoms with Crippen LogP contribution in [0.25, 0.3) is 0 Å². The molecule has 17 heavy (non-hydrogen) atoms. The lowest BCUT2D eigenvalue weighted by Crippen LogP contribution is -2.05. The fourth-order valence-electron chi connectivity index (χ4n) is 2.18.